The Hall–Kier alpha value is -2.67. The standard InChI is InChI=1S/C20H18FNO2/c21-18-9-7-17(8-10-18)20(11-3-4-12-20)19(23)24-14-16-6-2-1-5-15(16)13-22/h1-2,5-10H,3-4,11-12,14H2. The van der Waals surface area contributed by atoms with Gasteiger partial charge in [0, 0.05) is 5.56 Å². The van der Waals surface area contributed by atoms with Crippen LogP contribution in [-0.4, -0.2) is 5.97 Å². The Balaban J connectivity index is 1.81. The summed E-state index contributed by atoms with van der Waals surface area (Å²) < 4.78 is 18.8. The first kappa shape index (κ1) is 16.2. The van der Waals surface area contributed by atoms with Crippen LogP contribution in [0.2, 0.25) is 0 Å². The SMILES string of the molecule is N#Cc1ccccc1COC(=O)C1(c2ccc(F)cc2)CCCC1. The average Bonchev–Trinajstić information content (AvgIpc) is 3.11. The molecule has 2 aromatic carbocycles. The van der Waals surface area contributed by atoms with E-state index in [-0.39, 0.29) is 18.4 Å². The molecule has 1 aliphatic carbocycles. The van der Waals surface area contributed by atoms with Crippen molar-refractivity contribution in [3.8, 4) is 6.07 Å². The summed E-state index contributed by atoms with van der Waals surface area (Å²) in [5, 5.41) is 9.12. The number of rotatable bonds is 4. The largest absolute Gasteiger partial charge is 0.460 e. The van der Waals surface area contributed by atoms with Crippen LogP contribution in [0.4, 0.5) is 4.39 Å². The molecule has 0 unspecified atom stereocenters. The van der Waals surface area contributed by atoms with Crippen LogP contribution in [-0.2, 0) is 21.6 Å². The molecule has 1 aliphatic rings. The Morgan fingerprint density at radius 1 is 1.12 bits per heavy atom. The van der Waals surface area contributed by atoms with Gasteiger partial charge in [0.2, 0.25) is 0 Å². The predicted molar refractivity (Wildman–Crippen MR) is 87.5 cm³/mol. The van der Waals surface area contributed by atoms with Gasteiger partial charge in [-0.3, -0.25) is 4.79 Å². The summed E-state index contributed by atoms with van der Waals surface area (Å²) in [5.74, 6) is -0.609. The van der Waals surface area contributed by atoms with Crippen molar-refractivity contribution in [3.63, 3.8) is 0 Å². The zero-order valence-corrected chi connectivity index (χ0v) is 13.3. The van der Waals surface area contributed by atoms with E-state index in [1.165, 1.54) is 12.1 Å². The number of halogens is 1. The first-order valence-electron chi connectivity index (χ1n) is 8.07. The molecule has 0 saturated heterocycles. The highest BCUT2D eigenvalue weighted by Gasteiger charge is 2.44. The summed E-state index contributed by atoms with van der Waals surface area (Å²) in [6, 6.07) is 15.3. The molecule has 0 amide bonds. The minimum Gasteiger partial charge on any atom is -0.460 e. The number of hydrogen-bond donors (Lipinski definition) is 0. The van der Waals surface area contributed by atoms with Crippen molar-refractivity contribution in [2.24, 2.45) is 0 Å². The Bertz CT molecular complexity index is 771. The first-order chi connectivity index (χ1) is 11.7. The zero-order chi connectivity index (χ0) is 17.0. The Morgan fingerprint density at radius 3 is 2.46 bits per heavy atom. The lowest BCUT2D eigenvalue weighted by atomic mass is 9.79. The third-order valence-corrected chi connectivity index (χ3v) is 4.74. The number of ether oxygens (including phenoxy) is 1. The molecule has 3 rings (SSSR count). The molecular formula is C20H18FNO2. The molecule has 0 N–H and O–H groups in total. The highest BCUT2D eigenvalue weighted by molar-refractivity contribution is 5.83. The van der Waals surface area contributed by atoms with Gasteiger partial charge in [-0.05, 0) is 36.6 Å². The normalized spacial score (nSPS) is 15.7. The number of nitriles is 1. The van der Waals surface area contributed by atoms with Crippen LogP contribution in [0.25, 0.3) is 0 Å². The Morgan fingerprint density at radius 2 is 1.79 bits per heavy atom. The molecule has 0 aromatic heterocycles. The van der Waals surface area contributed by atoms with Crippen LogP contribution < -0.4 is 0 Å². The van der Waals surface area contributed by atoms with Crippen molar-refractivity contribution in [1.82, 2.24) is 0 Å². The molecule has 0 bridgehead atoms. The molecule has 24 heavy (non-hydrogen) atoms. The number of esters is 1. The van der Waals surface area contributed by atoms with Gasteiger partial charge in [0.15, 0.2) is 0 Å². The van der Waals surface area contributed by atoms with Gasteiger partial charge in [-0.15, -0.1) is 0 Å². The quantitative estimate of drug-likeness (QED) is 0.790. The second-order valence-electron chi connectivity index (χ2n) is 6.14. The number of carbonyl (C=O) groups is 1. The minimum absolute atomic E-state index is 0.0749. The van der Waals surface area contributed by atoms with Crippen LogP contribution in [0.5, 0.6) is 0 Å². The monoisotopic (exact) mass is 323 g/mol. The summed E-state index contributed by atoms with van der Waals surface area (Å²) in [4.78, 5) is 12.8. The van der Waals surface area contributed by atoms with E-state index in [1.807, 2.05) is 6.07 Å². The molecule has 4 heteroatoms. The van der Waals surface area contributed by atoms with Crippen molar-refractivity contribution in [2.45, 2.75) is 37.7 Å². The number of hydrogen-bond acceptors (Lipinski definition) is 3. The summed E-state index contributed by atoms with van der Waals surface area (Å²) in [6.45, 7) is 0.0749. The summed E-state index contributed by atoms with van der Waals surface area (Å²) in [6.07, 6.45) is 3.30. The maximum atomic E-state index is 13.2. The van der Waals surface area contributed by atoms with E-state index in [0.717, 1.165) is 18.4 Å². The van der Waals surface area contributed by atoms with Gasteiger partial charge < -0.3 is 4.74 Å². The van der Waals surface area contributed by atoms with Crippen LogP contribution in [0, 0.1) is 17.1 Å². The number of nitrogens with zero attached hydrogens (tertiary/aromatic N) is 1. The molecule has 0 radical (unpaired) electrons. The fourth-order valence-corrected chi connectivity index (χ4v) is 3.39. The van der Waals surface area contributed by atoms with Crippen molar-refractivity contribution in [3.05, 3.63) is 71.0 Å². The van der Waals surface area contributed by atoms with Crippen LogP contribution in [0.1, 0.15) is 42.4 Å². The van der Waals surface area contributed by atoms with E-state index in [4.69, 9.17) is 10.00 Å². The van der Waals surface area contributed by atoms with Gasteiger partial charge in [-0.1, -0.05) is 43.2 Å². The van der Waals surface area contributed by atoms with Gasteiger partial charge >= 0.3 is 5.97 Å². The van der Waals surface area contributed by atoms with E-state index in [1.54, 1.807) is 30.3 Å². The molecule has 1 fully saturated rings. The lowest BCUT2D eigenvalue weighted by Crippen LogP contribution is -2.34. The van der Waals surface area contributed by atoms with E-state index in [9.17, 15) is 9.18 Å². The molecule has 0 heterocycles. The number of benzene rings is 2. The lowest BCUT2D eigenvalue weighted by Gasteiger charge is -2.27. The Kier molecular flexibility index (Phi) is 4.61. The molecule has 122 valence electrons. The van der Waals surface area contributed by atoms with E-state index >= 15 is 0 Å². The van der Waals surface area contributed by atoms with Gasteiger partial charge in [-0.25, -0.2) is 4.39 Å². The molecule has 3 nitrogen and oxygen atoms in total. The zero-order valence-electron chi connectivity index (χ0n) is 13.3. The van der Waals surface area contributed by atoms with Gasteiger partial charge in [0.25, 0.3) is 0 Å². The van der Waals surface area contributed by atoms with Crippen LogP contribution in [0.15, 0.2) is 48.5 Å². The summed E-state index contributed by atoms with van der Waals surface area (Å²) in [7, 11) is 0. The third-order valence-electron chi connectivity index (χ3n) is 4.74. The summed E-state index contributed by atoms with van der Waals surface area (Å²) >= 11 is 0. The maximum Gasteiger partial charge on any atom is 0.316 e. The van der Waals surface area contributed by atoms with Crippen molar-refractivity contribution >= 4 is 5.97 Å². The van der Waals surface area contributed by atoms with Crippen molar-refractivity contribution in [2.75, 3.05) is 0 Å². The molecule has 2 aromatic rings. The van der Waals surface area contributed by atoms with E-state index < -0.39 is 5.41 Å². The van der Waals surface area contributed by atoms with Crippen molar-refractivity contribution in [1.29, 1.82) is 5.26 Å². The van der Waals surface area contributed by atoms with Crippen molar-refractivity contribution < 1.29 is 13.9 Å². The van der Waals surface area contributed by atoms with E-state index in [0.29, 0.717) is 24.0 Å². The van der Waals surface area contributed by atoms with Gasteiger partial charge in [-0.2, -0.15) is 5.26 Å². The first-order valence-corrected chi connectivity index (χ1v) is 8.07. The van der Waals surface area contributed by atoms with Gasteiger partial charge in [0.05, 0.1) is 17.0 Å². The average molecular weight is 323 g/mol. The Labute approximate surface area is 140 Å². The van der Waals surface area contributed by atoms with Crippen LogP contribution in [0.3, 0.4) is 0 Å². The van der Waals surface area contributed by atoms with E-state index in [2.05, 4.69) is 6.07 Å². The second-order valence-corrected chi connectivity index (χ2v) is 6.14. The fraction of sp³-hybridized carbons (Fsp3) is 0.300. The number of carbonyl (C=O) groups excluding carboxylic acids is 1. The smallest absolute Gasteiger partial charge is 0.316 e. The predicted octanol–water partition coefficient (Wildman–Crippen LogP) is 4.25. The van der Waals surface area contributed by atoms with Crippen LogP contribution >= 0.6 is 0 Å². The lowest BCUT2D eigenvalue weighted by molar-refractivity contribution is -0.152. The minimum atomic E-state index is -0.699. The van der Waals surface area contributed by atoms with Gasteiger partial charge in [0.1, 0.15) is 12.4 Å². The highest BCUT2D eigenvalue weighted by atomic mass is 19.1. The molecule has 0 spiro atoms. The topological polar surface area (TPSA) is 50.1 Å². The molecule has 0 atom stereocenters. The molecule has 1 saturated carbocycles. The maximum absolute atomic E-state index is 13.2. The fourth-order valence-electron chi connectivity index (χ4n) is 3.39. The summed E-state index contributed by atoms with van der Waals surface area (Å²) in [5.41, 5.74) is 1.31. The highest BCUT2D eigenvalue weighted by Crippen LogP contribution is 2.42. The molecular weight excluding hydrogens is 305 g/mol. The third kappa shape index (κ3) is 3.03. The second kappa shape index (κ2) is 6.84. The molecule has 0 aliphatic heterocycles.